The second kappa shape index (κ2) is 15.6. The van der Waals surface area contributed by atoms with Crippen molar-refractivity contribution in [1.29, 1.82) is 0 Å². The zero-order valence-corrected chi connectivity index (χ0v) is 26.1. The summed E-state index contributed by atoms with van der Waals surface area (Å²) >= 11 is 6.10. The Morgan fingerprint density at radius 2 is 1.41 bits per heavy atom. The van der Waals surface area contributed by atoms with Gasteiger partial charge in [0, 0.05) is 44.3 Å². The van der Waals surface area contributed by atoms with E-state index in [-0.39, 0.29) is 18.4 Å². The van der Waals surface area contributed by atoms with E-state index in [0.29, 0.717) is 36.8 Å². The summed E-state index contributed by atoms with van der Waals surface area (Å²) in [6.07, 6.45) is 1.96. The van der Waals surface area contributed by atoms with Crippen LogP contribution in [0.15, 0.2) is 103 Å². The second-order valence-electron chi connectivity index (χ2n) is 11.3. The molecule has 4 aromatic rings. The van der Waals surface area contributed by atoms with Gasteiger partial charge in [-0.15, -0.1) is 0 Å². The van der Waals surface area contributed by atoms with Gasteiger partial charge in [0.15, 0.2) is 6.61 Å². The van der Waals surface area contributed by atoms with Crippen molar-refractivity contribution in [2.45, 2.75) is 39.3 Å². The van der Waals surface area contributed by atoms with Gasteiger partial charge < -0.3 is 14.5 Å². The molecule has 7 heteroatoms. The fourth-order valence-electron chi connectivity index (χ4n) is 5.77. The Hall–Kier alpha value is -4.13. The van der Waals surface area contributed by atoms with Crippen molar-refractivity contribution < 1.29 is 14.3 Å². The smallest absolute Gasteiger partial charge is 0.264 e. The highest BCUT2D eigenvalue weighted by Crippen LogP contribution is 2.28. The number of hydrogen-bond acceptors (Lipinski definition) is 4. The van der Waals surface area contributed by atoms with Crippen LogP contribution in [0.1, 0.15) is 35.1 Å². The number of hydrogen-bond donors (Lipinski definition) is 0. The van der Waals surface area contributed by atoms with Crippen LogP contribution in [0, 0.1) is 6.92 Å². The van der Waals surface area contributed by atoms with Gasteiger partial charge in [0.05, 0.1) is 12.1 Å². The molecular weight excluding hydrogens is 570 g/mol. The van der Waals surface area contributed by atoms with Gasteiger partial charge in [0.2, 0.25) is 5.91 Å². The lowest BCUT2D eigenvalue weighted by Crippen LogP contribution is -2.41. The van der Waals surface area contributed by atoms with E-state index in [4.69, 9.17) is 16.3 Å². The minimum atomic E-state index is -0.102. The van der Waals surface area contributed by atoms with Crippen molar-refractivity contribution in [3.63, 3.8) is 0 Å². The van der Waals surface area contributed by atoms with Gasteiger partial charge in [-0.05, 0) is 66.3 Å². The van der Waals surface area contributed by atoms with Gasteiger partial charge in [0.25, 0.3) is 5.91 Å². The van der Waals surface area contributed by atoms with Crippen LogP contribution < -0.4 is 9.64 Å². The van der Waals surface area contributed by atoms with Crippen LogP contribution in [0.3, 0.4) is 0 Å². The average molecular weight is 610 g/mol. The van der Waals surface area contributed by atoms with E-state index >= 15 is 0 Å². The largest absolute Gasteiger partial charge is 0.484 e. The predicted octanol–water partition coefficient (Wildman–Crippen LogP) is 6.93. The third kappa shape index (κ3) is 8.71. The maximum Gasteiger partial charge on any atom is 0.264 e. The Morgan fingerprint density at radius 1 is 0.727 bits per heavy atom. The van der Waals surface area contributed by atoms with E-state index in [2.05, 4.69) is 29.2 Å². The molecule has 6 nitrogen and oxygen atoms in total. The standard InChI is InChI=1S/C37H40ClN3O3/c1-29-11-8-14-32-27-40(35(42)25-30-17-19-33(38)20-18-30)23-9-21-39(26-31-12-4-2-5-13-31)22-10-24-41(37(29)32)36(43)28-44-34-15-6-3-7-16-34/h2-8,11-20H,9-10,21-28H2,1H3. The lowest BCUT2D eigenvalue weighted by atomic mass is 10.0. The molecule has 1 heterocycles. The fraction of sp³-hybridized carbons (Fsp3) is 0.297. The number of rotatable bonds is 7. The minimum absolute atomic E-state index is 0.0525. The van der Waals surface area contributed by atoms with Crippen molar-refractivity contribution in [3.05, 3.63) is 130 Å². The molecule has 2 amide bonds. The quantitative estimate of drug-likeness (QED) is 0.228. The molecule has 0 bridgehead atoms. The van der Waals surface area contributed by atoms with Crippen molar-refractivity contribution in [2.24, 2.45) is 0 Å². The first kappa shape index (κ1) is 31.3. The van der Waals surface area contributed by atoms with Crippen LogP contribution in [0.25, 0.3) is 0 Å². The Kier molecular flexibility index (Phi) is 11.1. The van der Waals surface area contributed by atoms with Crippen LogP contribution in [0.5, 0.6) is 5.75 Å². The highest BCUT2D eigenvalue weighted by atomic mass is 35.5. The monoisotopic (exact) mass is 609 g/mol. The SMILES string of the molecule is Cc1cccc2c1N(C(=O)COc1ccccc1)CCCN(Cc1ccccc1)CCCN(C(=O)Cc1ccc(Cl)cc1)C2. The maximum absolute atomic E-state index is 13.9. The lowest BCUT2D eigenvalue weighted by Gasteiger charge is -2.32. The van der Waals surface area contributed by atoms with Crippen molar-refractivity contribution in [1.82, 2.24) is 9.80 Å². The fourth-order valence-corrected chi connectivity index (χ4v) is 5.90. The molecule has 0 spiro atoms. The Labute approximate surface area is 265 Å². The van der Waals surface area contributed by atoms with Crippen LogP contribution in [0.4, 0.5) is 5.69 Å². The number of carbonyl (C=O) groups is 2. The van der Waals surface area contributed by atoms with E-state index in [9.17, 15) is 9.59 Å². The molecule has 1 aliphatic heterocycles. The van der Waals surface area contributed by atoms with Gasteiger partial charge in [0.1, 0.15) is 5.75 Å². The molecule has 5 rings (SSSR count). The second-order valence-corrected chi connectivity index (χ2v) is 11.8. The molecule has 1 aliphatic rings. The third-order valence-electron chi connectivity index (χ3n) is 7.99. The maximum atomic E-state index is 13.9. The zero-order chi connectivity index (χ0) is 30.7. The molecule has 0 N–H and O–H groups in total. The van der Waals surface area contributed by atoms with Gasteiger partial charge >= 0.3 is 0 Å². The number of anilines is 1. The van der Waals surface area contributed by atoms with Gasteiger partial charge in [-0.1, -0.05) is 90.5 Å². The first-order valence-electron chi connectivity index (χ1n) is 15.3. The van der Waals surface area contributed by atoms with Crippen molar-refractivity contribution >= 4 is 29.1 Å². The van der Waals surface area contributed by atoms with E-state index in [1.54, 1.807) is 0 Å². The van der Waals surface area contributed by atoms with Crippen LogP contribution >= 0.6 is 11.6 Å². The molecule has 0 radical (unpaired) electrons. The number of nitrogens with zero attached hydrogens (tertiary/aromatic N) is 3. The summed E-state index contributed by atoms with van der Waals surface area (Å²) in [4.78, 5) is 33.9. The average Bonchev–Trinajstić information content (AvgIpc) is 3.03. The molecule has 0 unspecified atom stereocenters. The van der Waals surface area contributed by atoms with Gasteiger partial charge in [-0.3, -0.25) is 14.5 Å². The number of benzene rings is 4. The molecule has 0 atom stereocenters. The number of carbonyl (C=O) groups excluding carboxylic acids is 2. The summed E-state index contributed by atoms with van der Waals surface area (Å²) in [5.41, 5.74) is 5.01. The Morgan fingerprint density at radius 3 is 2.14 bits per heavy atom. The van der Waals surface area contributed by atoms with E-state index in [1.165, 1.54) is 5.56 Å². The number of ether oxygens (including phenoxy) is 1. The van der Waals surface area contributed by atoms with E-state index in [1.807, 2.05) is 95.6 Å². The molecule has 0 aliphatic carbocycles. The van der Waals surface area contributed by atoms with Gasteiger partial charge in [-0.25, -0.2) is 0 Å². The number of fused-ring (bicyclic) bond motifs is 1. The molecule has 0 saturated heterocycles. The summed E-state index contributed by atoms with van der Waals surface area (Å²) in [6, 6.07) is 33.4. The molecule has 0 fully saturated rings. The highest BCUT2D eigenvalue weighted by Gasteiger charge is 2.25. The summed E-state index contributed by atoms with van der Waals surface area (Å²) in [5.74, 6) is 0.611. The Balaban J connectivity index is 1.43. The van der Waals surface area contributed by atoms with Crippen molar-refractivity contribution in [3.8, 4) is 5.75 Å². The van der Waals surface area contributed by atoms with E-state index in [0.717, 1.165) is 54.9 Å². The van der Waals surface area contributed by atoms with Crippen molar-refractivity contribution in [2.75, 3.05) is 37.7 Å². The van der Waals surface area contributed by atoms with Gasteiger partial charge in [-0.2, -0.15) is 0 Å². The molecule has 4 aromatic carbocycles. The summed E-state index contributed by atoms with van der Waals surface area (Å²) in [6.45, 7) is 6.07. The zero-order valence-electron chi connectivity index (χ0n) is 25.3. The Bertz CT molecular complexity index is 1510. The first-order valence-corrected chi connectivity index (χ1v) is 15.7. The first-order chi connectivity index (χ1) is 21.5. The summed E-state index contributed by atoms with van der Waals surface area (Å²) in [5, 5.41) is 0.649. The third-order valence-corrected chi connectivity index (χ3v) is 8.24. The molecule has 44 heavy (non-hydrogen) atoms. The van der Waals surface area contributed by atoms with Crippen LogP contribution in [-0.4, -0.2) is 54.4 Å². The lowest BCUT2D eigenvalue weighted by molar-refractivity contribution is -0.131. The molecule has 0 aromatic heterocycles. The number of amides is 2. The van der Waals surface area contributed by atoms with Crippen LogP contribution in [-0.2, 0) is 29.1 Å². The number of aryl methyl sites for hydroxylation is 1. The number of halogens is 1. The summed E-state index contributed by atoms with van der Waals surface area (Å²) < 4.78 is 5.91. The normalized spacial score (nSPS) is 14.7. The molecule has 0 saturated carbocycles. The molecular formula is C37H40ClN3O3. The predicted molar refractivity (Wildman–Crippen MR) is 177 cm³/mol. The topological polar surface area (TPSA) is 53.1 Å². The molecule has 228 valence electrons. The summed E-state index contributed by atoms with van der Waals surface area (Å²) in [7, 11) is 0. The number of para-hydroxylation sites is 2. The highest BCUT2D eigenvalue weighted by molar-refractivity contribution is 6.30. The minimum Gasteiger partial charge on any atom is -0.484 e. The van der Waals surface area contributed by atoms with Crippen LogP contribution in [0.2, 0.25) is 5.02 Å². The van der Waals surface area contributed by atoms with E-state index < -0.39 is 0 Å².